The number of carbonyl (C=O) groups excluding carboxylic acids is 1. The van der Waals surface area contributed by atoms with E-state index in [0.29, 0.717) is 29.2 Å². The molecule has 38 heavy (non-hydrogen) atoms. The lowest BCUT2D eigenvalue weighted by Crippen LogP contribution is -2.35. The number of hydrogen-bond donors (Lipinski definition) is 3. The van der Waals surface area contributed by atoms with Crippen molar-refractivity contribution in [2.75, 3.05) is 23.7 Å². The Morgan fingerprint density at radius 1 is 1.16 bits per heavy atom. The predicted octanol–water partition coefficient (Wildman–Crippen LogP) is 5.88. The number of imidazole rings is 1. The number of pyridine rings is 1. The van der Waals surface area contributed by atoms with Crippen LogP contribution in [0.15, 0.2) is 66.0 Å². The largest absolute Gasteiger partial charge is 0.382 e. The molecular formula is C29H33FN6OS. The van der Waals surface area contributed by atoms with Gasteiger partial charge < -0.3 is 20.5 Å². The van der Waals surface area contributed by atoms with Crippen LogP contribution in [0.1, 0.15) is 43.4 Å². The number of nitrogens with one attached hydrogen (secondary N) is 3. The fourth-order valence-corrected chi connectivity index (χ4v) is 5.54. The van der Waals surface area contributed by atoms with Gasteiger partial charge in [0.1, 0.15) is 17.6 Å². The molecule has 0 aromatic heterocycles. The summed E-state index contributed by atoms with van der Waals surface area (Å²) in [5, 5.41) is 10.8. The molecule has 1 fully saturated rings. The molecule has 0 radical (unpaired) electrons. The Hall–Kier alpha value is -3.43. The lowest BCUT2D eigenvalue weighted by Gasteiger charge is -2.25. The molecule has 0 aliphatic carbocycles. The second-order valence-corrected chi connectivity index (χ2v) is 10.6. The van der Waals surface area contributed by atoms with Gasteiger partial charge in [-0.3, -0.25) is 4.79 Å². The van der Waals surface area contributed by atoms with Crippen LogP contribution in [0.25, 0.3) is 11.5 Å². The minimum atomic E-state index is -0.439. The summed E-state index contributed by atoms with van der Waals surface area (Å²) in [6.07, 6.45) is 4.66. The topological polar surface area (TPSA) is 83.9 Å². The zero-order valence-corrected chi connectivity index (χ0v) is 22.5. The van der Waals surface area contributed by atoms with Crippen LogP contribution in [0.3, 0.4) is 0 Å². The fraction of sp³-hybridized carbons (Fsp3) is 0.345. The molecule has 1 atom stereocenters. The van der Waals surface area contributed by atoms with Crippen LogP contribution in [0.2, 0.25) is 0 Å². The molecule has 2 aromatic rings. The normalized spacial score (nSPS) is 14.9. The number of halogens is 1. The molecule has 1 amide bonds. The summed E-state index contributed by atoms with van der Waals surface area (Å²) >= 11 is 1.49. The summed E-state index contributed by atoms with van der Waals surface area (Å²) < 4.78 is 15.1. The van der Waals surface area contributed by atoms with E-state index in [1.54, 1.807) is 12.1 Å². The van der Waals surface area contributed by atoms with Crippen LogP contribution in [-0.2, 0) is 10.5 Å². The van der Waals surface area contributed by atoms with Gasteiger partial charge in [0.05, 0.1) is 0 Å². The molecule has 3 heterocycles. The highest BCUT2D eigenvalue weighted by molar-refractivity contribution is 7.98. The van der Waals surface area contributed by atoms with Gasteiger partial charge in [0, 0.05) is 29.4 Å². The fourth-order valence-electron chi connectivity index (χ4n) is 4.74. The smallest absolute Gasteiger partial charge is 0.247 e. The monoisotopic (exact) mass is 532 g/mol. The first kappa shape index (κ1) is 26.2. The van der Waals surface area contributed by atoms with Crippen molar-refractivity contribution in [2.24, 2.45) is 0 Å². The van der Waals surface area contributed by atoms with E-state index in [9.17, 15) is 9.18 Å². The third-order valence-electron chi connectivity index (χ3n) is 6.90. The number of thioether (sulfide) groups is 1. The zero-order valence-electron chi connectivity index (χ0n) is 21.7. The number of aryl methyl sites for hydroxylation is 1. The van der Waals surface area contributed by atoms with Crippen molar-refractivity contribution < 1.29 is 9.18 Å². The second kappa shape index (κ2) is 12.0. The van der Waals surface area contributed by atoms with Gasteiger partial charge in [-0.2, -0.15) is 0 Å². The Kier molecular flexibility index (Phi) is 8.24. The number of benzene rings is 2. The highest BCUT2D eigenvalue weighted by Gasteiger charge is 2.24. The lowest BCUT2D eigenvalue weighted by molar-refractivity contribution is -0.119. The van der Waals surface area contributed by atoms with Gasteiger partial charge >= 0.3 is 0 Å². The van der Waals surface area contributed by atoms with Crippen molar-refractivity contribution in [3.63, 3.8) is 0 Å². The standard InChI is InChI=1S/C29H33FN6OS/c1-3-26(28(37)33-25-17-23(11-6-19(25)2)32-22-12-14-31-15-13-22)36-16-4-5-24-27(36)35-29(34-24)38-18-20-7-9-21(30)10-8-20/h4-11,16-17,22,26,31-32H,3,12-15,18H2,1-2H3,(H,33,37). The van der Waals surface area contributed by atoms with Crippen LogP contribution in [0, 0.1) is 12.7 Å². The molecule has 5 rings (SSSR count). The Bertz CT molecular complexity index is 1350. The van der Waals surface area contributed by atoms with Crippen molar-refractivity contribution in [3.05, 3.63) is 77.7 Å². The molecule has 1 unspecified atom stereocenters. The summed E-state index contributed by atoms with van der Waals surface area (Å²) in [6, 6.07) is 16.4. The van der Waals surface area contributed by atoms with Crippen molar-refractivity contribution in [1.82, 2.24) is 19.9 Å². The minimum absolute atomic E-state index is 0.0874. The summed E-state index contributed by atoms with van der Waals surface area (Å²) in [6.45, 7) is 6.04. The Balaban J connectivity index is 1.31. The molecule has 9 heteroatoms. The summed E-state index contributed by atoms with van der Waals surface area (Å²) in [4.78, 5) is 22.9. The van der Waals surface area contributed by atoms with Gasteiger partial charge in [-0.1, -0.05) is 36.9 Å². The molecule has 3 aliphatic heterocycles. The first-order chi connectivity index (χ1) is 18.5. The van der Waals surface area contributed by atoms with Crippen LogP contribution in [0.5, 0.6) is 0 Å². The lowest BCUT2D eigenvalue weighted by atomic mass is 10.1. The molecule has 0 bridgehead atoms. The van der Waals surface area contributed by atoms with Crippen molar-refractivity contribution in [2.45, 2.75) is 56.1 Å². The van der Waals surface area contributed by atoms with E-state index in [2.05, 4.69) is 27.0 Å². The van der Waals surface area contributed by atoms with Gasteiger partial charge in [0.25, 0.3) is 0 Å². The average molecular weight is 533 g/mol. The van der Waals surface area contributed by atoms with Gasteiger partial charge in [-0.15, -0.1) is 0 Å². The van der Waals surface area contributed by atoms with E-state index in [0.717, 1.165) is 54.1 Å². The molecule has 7 nitrogen and oxygen atoms in total. The number of nitrogens with zero attached hydrogens (tertiary/aromatic N) is 3. The quantitative estimate of drug-likeness (QED) is 0.234. The maximum atomic E-state index is 13.5. The molecule has 0 saturated carbocycles. The van der Waals surface area contributed by atoms with Crippen molar-refractivity contribution in [3.8, 4) is 11.5 Å². The average Bonchev–Trinajstić information content (AvgIpc) is 3.35. The number of fused-ring (bicyclic) bond motifs is 1. The summed E-state index contributed by atoms with van der Waals surface area (Å²) in [5.74, 6) is 0.971. The van der Waals surface area contributed by atoms with E-state index >= 15 is 0 Å². The van der Waals surface area contributed by atoms with E-state index in [1.807, 2.05) is 48.9 Å². The molecule has 3 aliphatic rings. The predicted molar refractivity (Wildman–Crippen MR) is 151 cm³/mol. The summed E-state index contributed by atoms with van der Waals surface area (Å²) in [5.41, 5.74) is 4.58. The number of aromatic nitrogens is 3. The number of rotatable bonds is 9. The number of anilines is 2. The van der Waals surface area contributed by atoms with E-state index in [4.69, 9.17) is 4.98 Å². The highest BCUT2D eigenvalue weighted by atomic mass is 32.2. The van der Waals surface area contributed by atoms with Gasteiger partial charge in [0.2, 0.25) is 5.91 Å². The Morgan fingerprint density at radius 3 is 2.71 bits per heavy atom. The van der Waals surface area contributed by atoms with E-state index < -0.39 is 6.04 Å². The number of amides is 1. The van der Waals surface area contributed by atoms with Gasteiger partial charge in [-0.25, -0.2) is 14.4 Å². The second-order valence-electron chi connectivity index (χ2n) is 9.66. The van der Waals surface area contributed by atoms with Crippen LogP contribution >= 0.6 is 11.8 Å². The first-order valence-corrected chi connectivity index (χ1v) is 14.1. The molecule has 1 saturated heterocycles. The molecular weight excluding hydrogens is 499 g/mol. The van der Waals surface area contributed by atoms with Crippen molar-refractivity contribution in [1.29, 1.82) is 0 Å². The zero-order chi connectivity index (χ0) is 26.5. The maximum Gasteiger partial charge on any atom is 0.247 e. The van der Waals surface area contributed by atoms with Gasteiger partial charge in [0.15, 0.2) is 11.0 Å². The maximum absolute atomic E-state index is 13.5. The molecule has 3 N–H and O–H groups in total. The third-order valence-corrected chi connectivity index (χ3v) is 7.82. The number of carbonyl (C=O) groups is 1. The van der Waals surface area contributed by atoms with Crippen molar-refractivity contribution >= 4 is 29.0 Å². The first-order valence-electron chi connectivity index (χ1n) is 13.1. The number of piperidine rings is 1. The SMILES string of the molecule is CCC(C(=O)Nc1cc(NC2CCNCC2)ccc1C)n1cccc2nc(SCc3ccc(F)cc3)nc1-2. The minimum Gasteiger partial charge on any atom is -0.382 e. The molecule has 198 valence electrons. The number of hydrogen-bond acceptors (Lipinski definition) is 6. The Labute approximate surface area is 227 Å². The summed E-state index contributed by atoms with van der Waals surface area (Å²) in [7, 11) is 0. The van der Waals surface area contributed by atoms with Crippen LogP contribution in [-0.4, -0.2) is 39.6 Å². The highest BCUT2D eigenvalue weighted by Crippen LogP contribution is 2.30. The third kappa shape index (κ3) is 6.16. The molecule has 2 aromatic carbocycles. The molecule has 0 spiro atoms. The Morgan fingerprint density at radius 2 is 1.95 bits per heavy atom. The van der Waals surface area contributed by atoms with Crippen LogP contribution < -0.4 is 16.0 Å². The van der Waals surface area contributed by atoms with Crippen LogP contribution in [0.4, 0.5) is 15.8 Å². The van der Waals surface area contributed by atoms with E-state index in [-0.39, 0.29) is 11.7 Å². The van der Waals surface area contributed by atoms with E-state index in [1.165, 1.54) is 23.9 Å². The van der Waals surface area contributed by atoms with Gasteiger partial charge in [-0.05, 0) is 86.8 Å².